The Morgan fingerprint density at radius 1 is 0.742 bits per heavy atom. The third-order valence-electron chi connectivity index (χ3n) is 6.75. The normalized spacial score (nSPS) is 25.6. The number of rotatable bonds is 2. The van der Waals surface area contributed by atoms with Gasteiger partial charge >= 0.3 is 0 Å². The van der Waals surface area contributed by atoms with Crippen LogP contribution in [0.3, 0.4) is 0 Å². The minimum Gasteiger partial charge on any atom is -0.508 e. The number of phenols is 2. The van der Waals surface area contributed by atoms with Gasteiger partial charge in [0.05, 0.1) is 18.1 Å². The maximum Gasteiger partial charge on any atom is 0.254 e. The monoisotopic (exact) mass is 410 g/mol. The topological polar surface area (TPSA) is 90.2 Å². The molecule has 1 heterocycles. The summed E-state index contributed by atoms with van der Waals surface area (Å²) in [6.07, 6.45) is 1.28. The molecule has 152 valence electrons. The van der Waals surface area contributed by atoms with Crippen molar-refractivity contribution in [3.8, 4) is 11.5 Å². The van der Waals surface area contributed by atoms with Crippen LogP contribution in [0.5, 0.6) is 11.5 Å². The minimum atomic E-state index is -0.493. The number of amides is 2. The Balaban J connectivity index is 1.45. The van der Waals surface area contributed by atoms with E-state index in [1.54, 1.807) is 0 Å². The van der Waals surface area contributed by atoms with Gasteiger partial charge in [-0.25, -0.2) is 0 Å². The first-order chi connectivity index (χ1) is 15.1. The van der Waals surface area contributed by atoms with Gasteiger partial charge < -0.3 is 10.2 Å². The molecule has 3 aromatic rings. The molecule has 2 atom stereocenters. The van der Waals surface area contributed by atoms with Gasteiger partial charge in [0.25, 0.3) is 11.8 Å². The van der Waals surface area contributed by atoms with Crippen LogP contribution in [-0.4, -0.2) is 33.3 Å². The van der Waals surface area contributed by atoms with Gasteiger partial charge in [-0.05, 0) is 34.4 Å². The molecule has 1 fully saturated rings. The van der Waals surface area contributed by atoms with Gasteiger partial charge in [-0.15, -0.1) is 0 Å². The van der Waals surface area contributed by atoms with E-state index < -0.39 is 11.8 Å². The van der Waals surface area contributed by atoms with Gasteiger partial charge in [-0.2, -0.15) is 10.1 Å². The Morgan fingerprint density at radius 2 is 1.23 bits per heavy atom. The fraction of sp³-hybridized carbons (Fsp3) is 0.160. The lowest BCUT2D eigenvalue weighted by molar-refractivity contribution is -0.139. The Morgan fingerprint density at radius 3 is 1.68 bits per heavy atom. The lowest BCUT2D eigenvalue weighted by atomic mass is 9.55. The third-order valence-corrected chi connectivity index (χ3v) is 6.75. The van der Waals surface area contributed by atoms with Crippen LogP contribution in [-0.2, 0) is 9.59 Å². The molecule has 7 rings (SSSR count). The van der Waals surface area contributed by atoms with Crippen LogP contribution in [0.25, 0.3) is 0 Å². The molecule has 1 saturated heterocycles. The highest BCUT2D eigenvalue weighted by atomic mass is 16.3. The number of hydrogen-bond donors (Lipinski definition) is 2. The van der Waals surface area contributed by atoms with E-state index in [9.17, 15) is 19.8 Å². The first-order valence-corrected chi connectivity index (χ1v) is 10.2. The summed E-state index contributed by atoms with van der Waals surface area (Å²) < 4.78 is 0. The van der Waals surface area contributed by atoms with Crippen LogP contribution in [0.15, 0.2) is 71.8 Å². The van der Waals surface area contributed by atoms with Crippen molar-refractivity contribution in [1.29, 1.82) is 0 Å². The van der Waals surface area contributed by atoms with E-state index in [0.717, 1.165) is 27.3 Å². The summed E-state index contributed by atoms with van der Waals surface area (Å²) in [6, 6.07) is 20.2. The highest BCUT2D eigenvalue weighted by Crippen LogP contribution is 2.60. The molecule has 2 amide bonds. The number of carbonyl (C=O) groups excluding carboxylic acids is 2. The molecule has 3 aliphatic carbocycles. The second-order valence-electron chi connectivity index (χ2n) is 8.24. The van der Waals surface area contributed by atoms with Crippen LogP contribution < -0.4 is 0 Å². The van der Waals surface area contributed by atoms with Gasteiger partial charge in [0.15, 0.2) is 0 Å². The van der Waals surface area contributed by atoms with E-state index in [2.05, 4.69) is 29.4 Å². The zero-order valence-corrected chi connectivity index (χ0v) is 16.3. The number of benzene rings is 3. The zero-order valence-electron chi connectivity index (χ0n) is 16.3. The van der Waals surface area contributed by atoms with Crippen molar-refractivity contribution in [2.75, 3.05) is 0 Å². The Labute approximate surface area is 178 Å². The van der Waals surface area contributed by atoms with Crippen LogP contribution in [0.4, 0.5) is 0 Å². The van der Waals surface area contributed by atoms with Gasteiger partial charge in [0, 0.05) is 23.5 Å². The molecule has 1 aliphatic heterocycles. The van der Waals surface area contributed by atoms with Crippen molar-refractivity contribution in [2.24, 2.45) is 16.9 Å². The number of nitrogens with zero attached hydrogens (tertiary/aromatic N) is 2. The van der Waals surface area contributed by atoms with Crippen molar-refractivity contribution in [3.05, 3.63) is 94.5 Å². The summed E-state index contributed by atoms with van der Waals surface area (Å²) in [5.41, 5.74) is 4.74. The summed E-state index contributed by atoms with van der Waals surface area (Å²) in [5.74, 6) is -2.24. The lowest BCUT2D eigenvalue weighted by Gasteiger charge is -2.45. The molecule has 0 unspecified atom stereocenters. The summed E-state index contributed by atoms with van der Waals surface area (Å²) in [6.45, 7) is 0. The van der Waals surface area contributed by atoms with Crippen LogP contribution in [0.2, 0.25) is 0 Å². The van der Waals surface area contributed by atoms with E-state index in [0.29, 0.717) is 5.56 Å². The number of phenolic OH excluding ortho intramolecular Hbond substituents is 2. The van der Waals surface area contributed by atoms with Crippen molar-refractivity contribution < 1.29 is 19.8 Å². The average Bonchev–Trinajstić information content (AvgIpc) is 3.04. The van der Waals surface area contributed by atoms with Crippen molar-refractivity contribution in [2.45, 2.75) is 11.8 Å². The molecule has 6 nitrogen and oxygen atoms in total. The van der Waals surface area contributed by atoms with Crippen molar-refractivity contribution in [3.63, 3.8) is 0 Å². The molecule has 0 spiro atoms. The third kappa shape index (κ3) is 2.36. The standard InChI is InChI=1S/C25H18N2O4/c28-14-10-9-13(19(29)11-14)12-26-27-24(30)22-20-15-5-1-2-6-16(15)21(23(22)25(27)31)18-8-4-3-7-17(18)20/h1-12,20-23,28-29H/b26-12+/t20?,21?,22-,23+. The highest BCUT2D eigenvalue weighted by molar-refractivity contribution is 6.08. The molecule has 2 N–H and O–H groups in total. The van der Waals surface area contributed by atoms with Crippen LogP contribution in [0.1, 0.15) is 39.7 Å². The highest BCUT2D eigenvalue weighted by Gasteiger charge is 2.61. The molecule has 0 radical (unpaired) electrons. The SMILES string of the molecule is O=C1[C@@H]2C3c4ccccc4C(c4ccccc43)[C@@H]2C(=O)N1/N=C/c1ccc(O)cc1O. The second kappa shape index (κ2) is 6.28. The van der Waals surface area contributed by atoms with Crippen molar-refractivity contribution in [1.82, 2.24) is 5.01 Å². The average molecular weight is 410 g/mol. The second-order valence-corrected chi connectivity index (χ2v) is 8.24. The fourth-order valence-corrected chi connectivity index (χ4v) is 5.54. The van der Waals surface area contributed by atoms with Crippen LogP contribution in [0, 0.1) is 11.8 Å². The number of hydrogen-bond acceptors (Lipinski definition) is 5. The Kier molecular flexibility index (Phi) is 3.63. The number of carbonyl (C=O) groups is 2. The lowest BCUT2D eigenvalue weighted by Crippen LogP contribution is -2.41. The Bertz CT molecular complexity index is 1180. The molecule has 0 saturated carbocycles. The molecule has 2 bridgehead atoms. The van der Waals surface area contributed by atoms with Crippen molar-refractivity contribution >= 4 is 18.0 Å². The van der Waals surface area contributed by atoms with E-state index in [1.807, 2.05) is 24.3 Å². The molecule has 3 aromatic carbocycles. The maximum atomic E-state index is 13.4. The molecule has 0 aromatic heterocycles. The summed E-state index contributed by atoms with van der Waals surface area (Å²) in [5, 5.41) is 24.6. The number of imide groups is 1. The fourth-order valence-electron chi connectivity index (χ4n) is 5.54. The molecular formula is C25H18N2O4. The molecular weight excluding hydrogens is 392 g/mol. The van der Waals surface area contributed by atoms with Gasteiger partial charge in [0.2, 0.25) is 0 Å². The summed E-state index contributed by atoms with van der Waals surface area (Å²) in [7, 11) is 0. The first-order valence-electron chi connectivity index (χ1n) is 10.2. The van der Waals surface area contributed by atoms with E-state index >= 15 is 0 Å². The summed E-state index contributed by atoms with van der Waals surface area (Å²) >= 11 is 0. The number of aromatic hydroxyl groups is 2. The molecule has 4 aliphatic rings. The van der Waals surface area contributed by atoms with E-state index in [-0.39, 0.29) is 35.1 Å². The number of hydrazone groups is 1. The summed E-state index contributed by atoms with van der Waals surface area (Å²) in [4.78, 5) is 26.8. The quantitative estimate of drug-likeness (QED) is 0.501. The zero-order chi connectivity index (χ0) is 21.3. The molecule has 6 heteroatoms. The predicted molar refractivity (Wildman–Crippen MR) is 113 cm³/mol. The largest absolute Gasteiger partial charge is 0.508 e. The maximum absolute atomic E-state index is 13.4. The van der Waals surface area contributed by atoms with Gasteiger partial charge in [-0.3, -0.25) is 9.59 Å². The van der Waals surface area contributed by atoms with E-state index in [1.165, 1.54) is 24.4 Å². The van der Waals surface area contributed by atoms with Gasteiger partial charge in [0.1, 0.15) is 11.5 Å². The van der Waals surface area contributed by atoms with Gasteiger partial charge in [-0.1, -0.05) is 48.5 Å². The smallest absolute Gasteiger partial charge is 0.254 e. The molecule has 31 heavy (non-hydrogen) atoms. The Hall–Kier alpha value is -3.93. The predicted octanol–water partition coefficient (Wildman–Crippen LogP) is 3.32. The van der Waals surface area contributed by atoms with E-state index in [4.69, 9.17) is 0 Å². The minimum absolute atomic E-state index is 0.0823. The first kappa shape index (κ1) is 17.9. The van der Waals surface area contributed by atoms with Crippen LogP contribution >= 0.6 is 0 Å².